The Kier molecular flexibility index (Phi) is 3.64. The van der Waals surface area contributed by atoms with Gasteiger partial charge >= 0.3 is 0 Å². The highest BCUT2D eigenvalue weighted by atomic mass is 16.1. The summed E-state index contributed by atoms with van der Waals surface area (Å²) in [7, 11) is 0. The molecule has 2 rings (SSSR count). The summed E-state index contributed by atoms with van der Waals surface area (Å²) < 4.78 is 0. The fourth-order valence-electron chi connectivity index (χ4n) is 2.71. The van der Waals surface area contributed by atoms with Crippen molar-refractivity contribution in [3.63, 3.8) is 0 Å². The van der Waals surface area contributed by atoms with E-state index in [0.29, 0.717) is 12.5 Å². The number of hydrogen-bond donors (Lipinski definition) is 2. The molecular weight excluding hydrogens is 200 g/mol. The SMILES string of the molecule is CC(C)NC(=O)CCNC1CC2CC=CC21. The highest BCUT2D eigenvalue weighted by Gasteiger charge is 2.40. The zero-order valence-electron chi connectivity index (χ0n) is 10.2. The molecule has 0 aromatic carbocycles. The van der Waals surface area contributed by atoms with Gasteiger partial charge in [0.1, 0.15) is 0 Å². The highest BCUT2D eigenvalue weighted by molar-refractivity contribution is 5.76. The van der Waals surface area contributed by atoms with E-state index in [2.05, 4.69) is 22.8 Å². The van der Waals surface area contributed by atoms with Gasteiger partial charge in [0.05, 0.1) is 0 Å². The van der Waals surface area contributed by atoms with Gasteiger partial charge in [-0.15, -0.1) is 0 Å². The first kappa shape index (κ1) is 11.6. The van der Waals surface area contributed by atoms with Crippen LogP contribution >= 0.6 is 0 Å². The first-order valence-electron chi connectivity index (χ1n) is 6.36. The number of hydrogen-bond acceptors (Lipinski definition) is 2. The topological polar surface area (TPSA) is 41.1 Å². The van der Waals surface area contributed by atoms with Gasteiger partial charge in [-0.2, -0.15) is 0 Å². The fraction of sp³-hybridized carbons (Fsp3) is 0.769. The average Bonchev–Trinajstić information content (AvgIpc) is 2.53. The Labute approximate surface area is 97.7 Å². The van der Waals surface area contributed by atoms with Crippen molar-refractivity contribution in [3.8, 4) is 0 Å². The monoisotopic (exact) mass is 222 g/mol. The van der Waals surface area contributed by atoms with Crippen LogP contribution in [-0.4, -0.2) is 24.5 Å². The summed E-state index contributed by atoms with van der Waals surface area (Å²) in [6.45, 7) is 4.79. The summed E-state index contributed by atoms with van der Waals surface area (Å²) in [4.78, 5) is 11.4. The predicted molar refractivity (Wildman–Crippen MR) is 65.0 cm³/mol. The maximum Gasteiger partial charge on any atom is 0.221 e. The highest BCUT2D eigenvalue weighted by Crippen LogP contribution is 2.42. The lowest BCUT2D eigenvalue weighted by Gasteiger charge is -2.40. The van der Waals surface area contributed by atoms with Crippen molar-refractivity contribution in [2.45, 2.75) is 45.2 Å². The minimum absolute atomic E-state index is 0.153. The molecule has 3 atom stereocenters. The standard InChI is InChI=1S/C13H22N2O/c1-9(2)15-13(16)6-7-14-12-8-10-4-3-5-11(10)12/h3,5,9-12,14H,4,6-8H2,1-2H3,(H,15,16). The largest absolute Gasteiger partial charge is 0.354 e. The number of rotatable bonds is 5. The van der Waals surface area contributed by atoms with Crippen LogP contribution in [0.5, 0.6) is 0 Å². The van der Waals surface area contributed by atoms with E-state index < -0.39 is 0 Å². The summed E-state index contributed by atoms with van der Waals surface area (Å²) in [5.74, 6) is 1.79. The van der Waals surface area contributed by atoms with Crippen LogP contribution in [0.2, 0.25) is 0 Å². The van der Waals surface area contributed by atoms with E-state index in [4.69, 9.17) is 0 Å². The summed E-state index contributed by atoms with van der Waals surface area (Å²) in [5, 5.41) is 6.39. The van der Waals surface area contributed by atoms with E-state index in [-0.39, 0.29) is 11.9 Å². The van der Waals surface area contributed by atoms with Gasteiger partial charge < -0.3 is 10.6 Å². The summed E-state index contributed by atoms with van der Waals surface area (Å²) >= 11 is 0. The molecule has 3 nitrogen and oxygen atoms in total. The minimum atomic E-state index is 0.153. The van der Waals surface area contributed by atoms with Crippen molar-refractivity contribution in [2.75, 3.05) is 6.54 Å². The zero-order valence-corrected chi connectivity index (χ0v) is 10.2. The van der Waals surface area contributed by atoms with E-state index in [1.807, 2.05) is 13.8 Å². The van der Waals surface area contributed by atoms with Gasteiger partial charge in [0, 0.05) is 25.0 Å². The average molecular weight is 222 g/mol. The van der Waals surface area contributed by atoms with E-state index in [1.165, 1.54) is 12.8 Å². The summed E-state index contributed by atoms with van der Waals surface area (Å²) in [6.07, 6.45) is 7.76. The van der Waals surface area contributed by atoms with E-state index in [1.54, 1.807) is 0 Å². The fourth-order valence-corrected chi connectivity index (χ4v) is 2.71. The van der Waals surface area contributed by atoms with Gasteiger partial charge in [0.15, 0.2) is 0 Å². The minimum Gasteiger partial charge on any atom is -0.354 e. The third-order valence-corrected chi connectivity index (χ3v) is 3.57. The van der Waals surface area contributed by atoms with Gasteiger partial charge in [-0.1, -0.05) is 12.2 Å². The molecule has 0 spiro atoms. The van der Waals surface area contributed by atoms with Crippen LogP contribution in [0.4, 0.5) is 0 Å². The van der Waals surface area contributed by atoms with Crippen LogP contribution in [0, 0.1) is 11.8 Å². The Bertz CT molecular complexity index is 286. The number of fused-ring (bicyclic) bond motifs is 1. The van der Waals surface area contributed by atoms with Crippen molar-refractivity contribution < 1.29 is 4.79 Å². The van der Waals surface area contributed by atoms with Crippen LogP contribution in [0.25, 0.3) is 0 Å². The molecule has 3 unspecified atom stereocenters. The molecule has 1 saturated carbocycles. The second-order valence-corrected chi connectivity index (χ2v) is 5.27. The number of carbonyl (C=O) groups is 1. The first-order chi connectivity index (χ1) is 7.66. The van der Waals surface area contributed by atoms with Crippen LogP contribution < -0.4 is 10.6 Å². The van der Waals surface area contributed by atoms with Gasteiger partial charge in [-0.3, -0.25) is 4.79 Å². The normalized spacial score (nSPS) is 31.3. The predicted octanol–water partition coefficient (Wildman–Crippen LogP) is 1.46. The number of allylic oxidation sites excluding steroid dienone is 1. The van der Waals surface area contributed by atoms with Crippen LogP contribution in [-0.2, 0) is 4.79 Å². The lowest BCUT2D eigenvalue weighted by atomic mass is 9.71. The molecule has 2 N–H and O–H groups in total. The molecule has 0 aliphatic heterocycles. The van der Waals surface area contributed by atoms with Gasteiger partial charge in [0.2, 0.25) is 5.91 Å². The molecule has 0 aromatic heterocycles. The number of amides is 1. The Morgan fingerprint density at radius 1 is 1.50 bits per heavy atom. The lowest BCUT2D eigenvalue weighted by Crippen LogP contribution is -2.48. The van der Waals surface area contributed by atoms with Crippen molar-refractivity contribution >= 4 is 5.91 Å². The second-order valence-electron chi connectivity index (χ2n) is 5.27. The smallest absolute Gasteiger partial charge is 0.221 e. The molecule has 2 aliphatic rings. The second kappa shape index (κ2) is 5.00. The maximum absolute atomic E-state index is 11.4. The van der Waals surface area contributed by atoms with Crippen LogP contribution in [0.3, 0.4) is 0 Å². The Morgan fingerprint density at radius 2 is 2.31 bits per heavy atom. The lowest BCUT2D eigenvalue weighted by molar-refractivity contribution is -0.121. The molecule has 16 heavy (non-hydrogen) atoms. The van der Waals surface area contributed by atoms with E-state index >= 15 is 0 Å². The molecule has 90 valence electrons. The van der Waals surface area contributed by atoms with Gasteiger partial charge in [-0.25, -0.2) is 0 Å². The third kappa shape index (κ3) is 2.64. The van der Waals surface area contributed by atoms with Crippen molar-refractivity contribution in [1.82, 2.24) is 10.6 Å². The van der Waals surface area contributed by atoms with E-state index in [0.717, 1.165) is 18.4 Å². The van der Waals surface area contributed by atoms with Crippen molar-refractivity contribution in [1.29, 1.82) is 0 Å². The Balaban J connectivity index is 1.58. The Hall–Kier alpha value is -0.830. The molecule has 1 fully saturated rings. The molecule has 0 saturated heterocycles. The molecule has 0 bridgehead atoms. The summed E-state index contributed by atoms with van der Waals surface area (Å²) in [5.41, 5.74) is 0. The third-order valence-electron chi connectivity index (χ3n) is 3.57. The first-order valence-corrected chi connectivity index (χ1v) is 6.36. The van der Waals surface area contributed by atoms with Crippen molar-refractivity contribution in [3.05, 3.63) is 12.2 Å². The zero-order chi connectivity index (χ0) is 11.5. The molecule has 0 heterocycles. The quantitative estimate of drug-likeness (QED) is 0.691. The van der Waals surface area contributed by atoms with Gasteiger partial charge in [0.25, 0.3) is 0 Å². The number of carbonyl (C=O) groups excluding carboxylic acids is 1. The molecule has 2 aliphatic carbocycles. The molecule has 1 amide bonds. The van der Waals surface area contributed by atoms with Gasteiger partial charge in [-0.05, 0) is 38.5 Å². The molecule has 3 heteroatoms. The molecule has 0 radical (unpaired) electrons. The van der Waals surface area contributed by atoms with Crippen molar-refractivity contribution in [2.24, 2.45) is 11.8 Å². The number of nitrogens with one attached hydrogen (secondary N) is 2. The van der Waals surface area contributed by atoms with E-state index in [9.17, 15) is 4.79 Å². The molecular formula is C13H22N2O. The summed E-state index contributed by atoms with van der Waals surface area (Å²) in [6, 6.07) is 0.869. The maximum atomic E-state index is 11.4. The molecule has 0 aromatic rings. The Morgan fingerprint density at radius 3 is 3.00 bits per heavy atom. The van der Waals surface area contributed by atoms with Crippen LogP contribution in [0.15, 0.2) is 12.2 Å². The van der Waals surface area contributed by atoms with Crippen LogP contribution in [0.1, 0.15) is 33.1 Å².